The average Bonchev–Trinajstić information content (AvgIpc) is 1.61. The fraction of sp³-hybridized carbons (Fsp3) is 0.333. The molecule has 0 heterocycles. The highest BCUT2D eigenvalue weighted by Crippen LogP contribution is 1.98. The summed E-state index contributed by atoms with van der Waals surface area (Å²) in [4.78, 5) is 0. The van der Waals surface area contributed by atoms with Gasteiger partial charge in [-0.15, -0.1) is 6.58 Å². The van der Waals surface area contributed by atoms with E-state index >= 15 is 0 Å². The predicted octanol–water partition coefficient (Wildman–Crippen LogP) is 1.93. The molecule has 0 N–H and O–H groups in total. The van der Waals surface area contributed by atoms with Gasteiger partial charge in [0.25, 0.3) is 0 Å². The third-order valence-electron chi connectivity index (χ3n) is 0.494. The van der Waals surface area contributed by atoms with Crippen LogP contribution >= 0.6 is 0 Å². The van der Waals surface area contributed by atoms with Crippen LogP contribution in [0.1, 0.15) is 6.42 Å². The van der Waals surface area contributed by atoms with Gasteiger partial charge in [-0.25, -0.2) is 0 Å². The molecule has 0 unspecified atom stereocenters. The van der Waals surface area contributed by atoms with Crippen LogP contribution in [0, 0.1) is 13.8 Å². The first-order valence-electron chi connectivity index (χ1n) is 2.25. The van der Waals surface area contributed by atoms with Gasteiger partial charge in [0.2, 0.25) is 0 Å². The second kappa shape index (κ2) is 3.59. The van der Waals surface area contributed by atoms with Crippen molar-refractivity contribution in [3.05, 3.63) is 31.4 Å². The molecule has 0 saturated heterocycles. The minimum atomic E-state index is 0.642. The summed E-state index contributed by atoms with van der Waals surface area (Å²) >= 11 is 0. The van der Waals surface area contributed by atoms with Gasteiger partial charge in [0.1, 0.15) is 0 Å². The Hall–Kier alpha value is -0.590. The van der Waals surface area contributed by atoms with E-state index in [0.717, 1.165) is 13.0 Å². The van der Waals surface area contributed by atoms with E-state index in [1.54, 1.807) is 0 Å². The minimum Gasteiger partial charge on any atom is -0.685 e. The first-order chi connectivity index (χ1) is 3.27. The Bertz CT molecular complexity index is 57.2. The lowest BCUT2D eigenvalue weighted by Gasteiger charge is -2.15. The standard InChI is InChI=1S/C6H10N/c1-4-5-7-6(2)3/h1-5H2. The first kappa shape index (κ1) is 6.41. The van der Waals surface area contributed by atoms with Crippen molar-refractivity contribution in [2.45, 2.75) is 6.42 Å². The molecule has 0 aliphatic heterocycles. The number of allylic oxidation sites excluding steroid dienone is 1. The Labute approximate surface area is 45.4 Å². The molecule has 0 aromatic rings. The summed E-state index contributed by atoms with van der Waals surface area (Å²) in [6.07, 6.45) is 0.828. The van der Waals surface area contributed by atoms with Crippen LogP contribution in [0.15, 0.2) is 12.3 Å². The summed E-state index contributed by atoms with van der Waals surface area (Å²) in [5.74, 6) is 0. The second-order valence-electron chi connectivity index (χ2n) is 1.30. The van der Waals surface area contributed by atoms with Gasteiger partial charge in [-0.1, -0.05) is 6.54 Å². The van der Waals surface area contributed by atoms with E-state index in [1.807, 2.05) is 0 Å². The van der Waals surface area contributed by atoms with Crippen molar-refractivity contribution in [1.82, 2.24) is 0 Å². The van der Waals surface area contributed by atoms with Crippen LogP contribution in [0.3, 0.4) is 0 Å². The Morgan fingerprint density at radius 3 is 2.43 bits per heavy atom. The summed E-state index contributed by atoms with van der Waals surface area (Å²) in [6.45, 7) is 11.3. The zero-order valence-corrected chi connectivity index (χ0v) is 4.48. The summed E-state index contributed by atoms with van der Waals surface area (Å²) in [5, 5.41) is 3.88. The van der Waals surface area contributed by atoms with Crippen LogP contribution in [-0.4, -0.2) is 6.54 Å². The van der Waals surface area contributed by atoms with Crippen molar-refractivity contribution >= 4 is 0 Å². The molecule has 0 amide bonds. The zero-order chi connectivity index (χ0) is 5.70. The molecule has 0 spiro atoms. The van der Waals surface area contributed by atoms with Crippen molar-refractivity contribution in [3.63, 3.8) is 0 Å². The molecule has 1 nitrogen and oxygen atoms in total. The highest BCUT2D eigenvalue weighted by molar-refractivity contribution is 5.14. The molecule has 0 saturated carbocycles. The third kappa shape index (κ3) is 5.41. The van der Waals surface area contributed by atoms with E-state index in [9.17, 15) is 0 Å². The van der Waals surface area contributed by atoms with Gasteiger partial charge in [0.15, 0.2) is 0 Å². The highest BCUT2D eigenvalue weighted by atomic mass is 14.9. The monoisotopic (exact) mass is 96.1 g/mol. The topological polar surface area (TPSA) is 14.1 Å². The number of nitrogens with zero attached hydrogens (tertiary/aromatic N) is 1. The maximum Gasteiger partial charge on any atom is 0.0690 e. The number of hydrogen-bond acceptors (Lipinski definition) is 0. The maximum absolute atomic E-state index is 3.88. The van der Waals surface area contributed by atoms with Gasteiger partial charge in [-0.2, -0.15) is 5.70 Å². The van der Waals surface area contributed by atoms with Crippen LogP contribution in [0.5, 0.6) is 0 Å². The van der Waals surface area contributed by atoms with Crippen LogP contribution in [0.25, 0.3) is 5.32 Å². The molecular weight excluding hydrogens is 86.1 g/mol. The molecule has 0 aliphatic rings. The molecule has 0 rings (SSSR count). The zero-order valence-electron chi connectivity index (χ0n) is 4.48. The molecule has 7 heavy (non-hydrogen) atoms. The van der Waals surface area contributed by atoms with Crippen molar-refractivity contribution < 1.29 is 0 Å². The van der Waals surface area contributed by atoms with Crippen LogP contribution in [0.4, 0.5) is 0 Å². The van der Waals surface area contributed by atoms with E-state index in [0.29, 0.717) is 5.70 Å². The van der Waals surface area contributed by atoms with Gasteiger partial charge in [-0.05, 0) is 6.92 Å². The summed E-state index contributed by atoms with van der Waals surface area (Å²) in [5.41, 5.74) is 0.642. The second-order valence-corrected chi connectivity index (χ2v) is 1.30. The summed E-state index contributed by atoms with van der Waals surface area (Å²) in [6, 6.07) is 0. The SMILES string of the molecule is [CH2]C(=C)[N-]CC[CH2+]. The Kier molecular flexibility index (Phi) is 3.29. The van der Waals surface area contributed by atoms with E-state index in [4.69, 9.17) is 0 Å². The molecular formula is C6H10N. The Morgan fingerprint density at radius 1 is 1.71 bits per heavy atom. The van der Waals surface area contributed by atoms with Crippen molar-refractivity contribution in [2.75, 3.05) is 6.54 Å². The highest BCUT2D eigenvalue weighted by Gasteiger charge is 1.68. The molecule has 0 fully saturated rings. The Morgan fingerprint density at radius 2 is 2.29 bits per heavy atom. The quantitative estimate of drug-likeness (QED) is 0.477. The molecule has 39 valence electrons. The summed E-state index contributed by atoms with van der Waals surface area (Å²) < 4.78 is 0. The first-order valence-corrected chi connectivity index (χ1v) is 2.25. The van der Waals surface area contributed by atoms with Gasteiger partial charge in [0, 0.05) is 0 Å². The van der Waals surface area contributed by atoms with Gasteiger partial charge >= 0.3 is 0 Å². The number of hydrogen-bond donors (Lipinski definition) is 0. The molecule has 1 heteroatoms. The van der Waals surface area contributed by atoms with Gasteiger partial charge < -0.3 is 5.32 Å². The van der Waals surface area contributed by atoms with E-state index in [1.165, 1.54) is 0 Å². The van der Waals surface area contributed by atoms with Crippen molar-refractivity contribution in [1.29, 1.82) is 0 Å². The van der Waals surface area contributed by atoms with Crippen LogP contribution < -0.4 is 0 Å². The largest absolute Gasteiger partial charge is 0.685 e. The third-order valence-corrected chi connectivity index (χ3v) is 0.494. The molecule has 0 aromatic heterocycles. The molecule has 0 aromatic carbocycles. The molecule has 1 radical (unpaired) electrons. The normalized spacial score (nSPS) is 8.14. The lowest BCUT2D eigenvalue weighted by atomic mass is 10.4. The lowest BCUT2D eigenvalue weighted by molar-refractivity contribution is 1.10. The Balaban J connectivity index is 2.82. The van der Waals surface area contributed by atoms with Crippen LogP contribution in [-0.2, 0) is 0 Å². The van der Waals surface area contributed by atoms with Crippen LogP contribution in [0.2, 0.25) is 0 Å². The molecule has 0 aliphatic carbocycles. The predicted molar refractivity (Wildman–Crippen MR) is 32.7 cm³/mol. The average molecular weight is 96.2 g/mol. The minimum absolute atomic E-state index is 0.642. The van der Waals surface area contributed by atoms with Crippen molar-refractivity contribution in [3.8, 4) is 0 Å². The van der Waals surface area contributed by atoms with E-state index < -0.39 is 0 Å². The number of rotatable bonds is 3. The van der Waals surface area contributed by atoms with Crippen molar-refractivity contribution in [2.24, 2.45) is 0 Å². The fourth-order valence-electron chi connectivity index (χ4n) is 0.237. The molecule has 0 bridgehead atoms. The van der Waals surface area contributed by atoms with E-state index in [2.05, 4.69) is 25.7 Å². The maximum atomic E-state index is 3.88. The smallest absolute Gasteiger partial charge is 0.0690 e. The molecule has 0 atom stereocenters. The van der Waals surface area contributed by atoms with Gasteiger partial charge in [-0.3, -0.25) is 0 Å². The lowest BCUT2D eigenvalue weighted by Crippen LogP contribution is -1.77. The van der Waals surface area contributed by atoms with E-state index in [-0.39, 0.29) is 0 Å². The summed E-state index contributed by atoms with van der Waals surface area (Å²) in [7, 11) is 0. The fourth-order valence-corrected chi connectivity index (χ4v) is 0.237. The van der Waals surface area contributed by atoms with Gasteiger partial charge in [0.05, 0.1) is 13.3 Å².